The fourth-order valence-electron chi connectivity index (χ4n) is 3.08. The van der Waals surface area contributed by atoms with Crippen LogP contribution in [0.2, 0.25) is 0 Å². The highest BCUT2D eigenvalue weighted by atomic mass is 16.5. The average molecular weight is 322 g/mol. The van der Waals surface area contributed by atoms with Crippen LogP contribution in [0.4, 0.5) is 0 Å². The number of para-hydroxylation sites is 1. The molecule has 0 saturated carbocycles. The zero-order chi connectivity index (χ0) is 16.5. The van der Waals surface area contributed by atoms with Crippen LogP contribution in [0.15, 0.2) is 42.6 Å². The van der Waals surface area contributed by atoms with E-state index in [1.807, 2.05) is 43.3 Å². The number of pyridine rings is 1. The van der Waals surface area contributed by atoms with Gasteiger partial charge in [-0.1, -0.05) is 12.1 Å². The van der Waals surface area contributed by atoms with E-state index in [0.29, 0.717) is 25.5 Å². The number of nitrogens with zero attached hydrogens (tertiary/aromatic N) is 2. The van der Waals surface area contributed by atoms with Crippen LogP contribution < -0.4 is 4.74 Å². The highest BCUT2D eigenvalue weighted by Crippen LogP contribution is 2.42. The first kappa shape index (κ1) is 14.9. The highest BCUT2D eigenvalue weighted by Gasteiger charge is 2.32. The van der Waals surface area contributed by atoms with Crippen molar-refractivity contribution in [3.8, 4) is 17.0 Å². The molecule has 24 heavy (non-hydrogen) atoms. The molecule has 4 rings (SSSR count). The molecule has 0 unspecified atom stereocenters. The van der Waals surface area contributed by atoms with Gasteiger partial charge in [-0.15, -0.1) is 0 Å². The smallest absolute Gasteiger partial charge is 0.281 e. The largest absolute Gasteiger partial charge is 0.492 e. The van der Waals surface area contributed by atoms with Crippen LogP contribution in [0.1, 0.15) is 23.8 Å². The molecule has 0 fully saturated rings. The minimum Gasteiger partial charge on any atom is -0.492 e. The summed E-state index contributed by atoms with van der Waals surface area (Å²) < 4.78 is 13.1. The van der Waals surface area contributed by atoms with Crippen molar-refractivity contribution in [3.05, 3.63) is 48.3 Å². The third-order valence-corrected chi connectivity index (χ3v) is 4.15. The molecule has 1 aliphatic heterocycles. The molecule has 3 aromatic rings. The lowest BCUT2D eigenvalue weighted by molar-refractivity contribution is 0.0965. The molecule has 0 radical (unpaired) electrons. The number of aromatic nitrogens is 2. The molecule has 2 aromatic heterocycles. The molecule has 5 heteroatoms. The molecular formula is C19H18N2O3. The number of rotatable bonds is 6. The van der Waals surface area contributed by atoms with Gasteiger partial charge < -0.3 is 9.47 Å². The molecule has 3 heterocycles. The molecule has 0 spiro atoms. The average Bonchev–Trinajstić information content (AvgIpc) is 3.18. The third kappa shape index (κ3) is 2.29. The lowest BCUT2D eigenvalue weighted by Crippen LogP contribution is -2.07. The normalized spacial score (nSPS) is 12.5. The summed E-state index contributed by atoms with van der Waals surface area (Å²) in [6.45, 7) is 3.88. The Morgan fingerprint density at radius 2 is 2.00 bits per heavy atom. The quantitative estimate of drug-likeness (QED) is 0.510. The Morgan fingerprint density at radius 3 is 2.88 bits per heavy atom. The van der Waals surface area contributed by atoms with Gasteiger partial charge in [0.2, 0.25) is 0 Å². The maximum absolute atomic E-state index is 12.6. The minimum atomic E-state index is -0.102. The molecule has 0 aliphatic carbocycles. The summed E-state index contributed by atoms with van der Waals surface area (Å²) in [5, 5.41) is 0.926. The van der Waals surface area contributed by atoms with Gasteiger partial charge in [-0.2, -0.15) is 0 Å². The van der Waals surface area contributed by atoms with E-state index in [9.17, 15) is 4.79 Å². The van der Waals surface area contributed by atoms with Crippen molar-refractivity contribution in [1.29, 1.82) is 0 Å². The number of carbonyl (C=O) groups excluding carboxylic acids is 1. The molecule has 0 N–H and O–H groups in total. The van der Waals surface area contributed by atoms with Crippen molar-refractivity contribution in [2.75, 3.05) is 19.8 Å². The molecule has 122 valence electrons. The molecule has 1 aromatic carbocycles. The summed E-state index contributed by atoms with van der Waals surface area (Å²) in [6, 6.07) is 11.6. The predicted molar refractivity (Wildman–Crippen MR) is 91.5 cm³/mol. The van der Waals surface area contributed by atoms with Crippen LogP contribution in [0, 0.1) is 0 Å². The van der Waals surface area contributed by atoms with Gasteiger partial charge in [-0.05, 0) is 31.2 Å². The summed E-state index contributed by atoms with van der Waals surface area (Å²) >= 11 is 0. The number of fused-ring (bicyclic) bond motifs is 4. The number of ether oxygens (including phenoxy) is 2. The Labute approximate surface area is 139 Å². The van der Waals surface area contributed by atoms with Gasteiger partial charge in [0.1, 0.15) is 11.4 Å². The van der Waals surface area contributed by atoms with Gasteiger partial charge in [-0.3, -0.25) is 9.36 Å². The Balaban J connectivity index is 1.79. The summed E-state index contributed by atoms with van der Waals surface area (Å²) in [5.41, 5.74) is 2.87. The lowest BCUT2D eigenvalue weighted by atomic mass is 10.1. The van der Waals surface area contributed by atoms with Gasteiger partial charge in [0.05, 0.1) is 23.4 Å². The Morgan fingerprint density at radius 1 is 1.12 bits per heavy atom. The number of benzene rings is 1. The van der Waals surface area contributed by atoms with E-state index in [-0.39, 0.29) is 5.91 Å². The van der Waals surface area contributed by atoms with Gasteiger partial charge in [-0.25, -0.2) is 4.98 Å². The van der Waals surface area contributed by atoms with Gasteiger partial charge >= 0.3 is 0 Å². The maximum Gasteiger partial charge on any atom is 0.281 e. The minimum absolute atomic E-state index is 0.102. The fourth-order valence-corrected chi connectivity index (χ4v) is 3.08. The van der Waals surface area contributed by atoms with E-state index >= 15 is 0 Å². The monoisotopic (exact) mass is 322 g/mol. The van der Waals surface area contributed by atoms with Crippen LogP contribution in [0.25, 0.3) is 22.2 Å². The Kier molecular flexibility index (Phi) is 3.78. The summed E-state index contributed by atoms with van der Waals surface area (Å²) in [6.07, 6.45) is 2.57. The molecule has 1 aliphatic rings. The number of hydrogen-bond donors (Lipinski definition) is 0. The van der Waals surface area contributed by atoms with Gasteiger partial charge in [0, 0.05) is 31.2 Å². The summed E-state index contributed by atoms with van der Waals surface area (Å²) in [4.78, 5) is 17.2. The van der Waals surface area contributed by atoms with Crippen molar-refractivity contribution in [1.82, 2.24) is 9.55 Å². The molecule has 0 amide bonds. The first-order chi connectivity index (χ1) is 11.8. The third-order valence-electron chi connectivity index (χ3n) is 4.15. The van der Waals surface area contributed by atoms with Crippen LogP contribution in [0.5, 0.6) is 5.75 Å². The van der Waals surface area contributed by atoms with Crippen molar-refractivity contribution in [2.24, 2.45) is 0 Å². The summed E-state index contributed by atoms with van der Waals surface area (Å²) in [5.74, 6) is 0.632. The molecule has 0 atom stereocenters. The second kappa shape index (κ2) is 6.09. The van der Waals surface area contributed by atoms with Crippen molar-refractivity contribution < 1.29 is 14.3 Å². The van der Waals surface area contributed by atoms with Crippen LogP contribution >= 0.6 is 0 Å². The van der Waals surface area contributed by atoms with E-state index in [1.165, 1.54) is 0 Å². The SMILES string of the molecule is CCOCCCOc1c2c(nc3ccccc13)C(=O)n1cccc1-2. The van der Waals surface area contributed by atoms with Crippen molar-refractivity contribution in [2.45, 2.75) is 13.3 Å². The van der Waals surface area contributed by atoms with Crippen LogP contribution in [0.3, 0.4) is 0 Å². The molecule has 5 nitrogen and oxygen atoms in total. The Hall–Kier alpha value is -2.66. The predicted octanol–water partition coefficient (Wildman–Crippen LogP) is 3.51. The maximum atomic E-state index is 12.6. The topological polar surface area (TPSA) is 53.4 Å². The van der Waals surface area contributed by atoms with Crippen LogP contribution in [-0.2, 0) is 4.74 Å². The van der Waals surface area contributed by atoms with E-state index in [0.717, 1.165) is 34.3 Å². The molecular weight excluding hydrogens is 304 g/mol. The first-order valence-electron chi connectivity index (χ1n) is 8.17. The zero-order valence-electron chi connectivity index (χ0n) is 13.5. The number of carbonyl (C=O) groups is 1. The Bertz CT molecular complexity index is 914. The van der Waals surface area contributed by atoms with Crippen molar-refractivity contribution >= 4 is 16.8 Å². The molecule has 0 bridgehead atoms. The van der Waals surface area contributed by atoms with Crippen molar-refractivity contribution in [3.63, 3.8) is 0 Å². The molecule has 0 saturated heterocycles. The van der Waals surface area contributed by atoms with E-state index < -0.39 is 0 Å². The fraction of sp³-hybridized carbons (Fsp3) is 0.263. The second-order valence-electron chi connectivity index (χ2n) is 5.65. The van der Waals surface area contributed by atoms with Gasteiger partial charge in [0.15, 0.2) is 0 Å². The second-order valence-corrected chi connectivity index (χ2v) is 5.65. The summed E-state index contributed by atoms with van der Waals surface area (Å²) in [7, 11) is 0. The standard InChI is InChI=1S/C19H18N2O3/c1-2-23-11-6-12-24-18-13-7-3-4-8-14(13)20-17-16(18)15-9-5-10-21(15)19(17)22/h3-5,7-10H,2,6,11-12H2,1H3. The zero-order valence-corrected chi connectivity index (χ0v) is 13.5. The first-order valence-corrected chi connectivity index (χ1v) is 8.17. The highest BCUT2D eigenvalue weighted by molar-refractivity contribution is 6.12. The lowest BCUT2D eigenvalue weighted by Gasteiger charge is -2.13. The van der Waals surface area contributed by atoms with Crippen LogP contribution in [-0.4, -0.2) is 35.3 Å². The van der Waals surface area contributed by atoms with Gasteiger partial charge in [0.25, 0.3) is 5.91 Å². The van der Waals surface area contributed by atoms with E-state index in [1.54, 1.807) is 10.8 Å². The number of hydrogen-bond acceptors (Lipinski definition) is 4. The van der Waals surface area contributed by atoms with E-state index in [2.05, 4.69) is 4.98 Å². The van der Waals surface area contributed by atoms with E-state index in [4.69, 9.17) is 9.47 Å².